The second kappa shape index (κ2) is 6.48. The summed E-state index contributed by atoms with van der Waals surface area (Å²) in [5.74, 6) is -1.02. The molecule has 5 heteroatoms. The first-order valence-corrected chi connectivity index (χ1v) is 7.86. The van der Waals surface area contributed by atoms with E-state index in [2.05, 4.69) is 0 Å². The Hall–Kier alpha value is -1.88. The van der Waals surface area contributed by atoms with Crippen LogP contribution in [0.1, 0.15) is 36.8 Å². The van der Waals surface area contributed by atoms with Gasteiger partial charge in [0.1, 0.15) is 6.04 Å². The molecule has 1 fully saturated rings. The van der Waals surface area contributed by atoms with Crippen molar-refractivity contribution in [3.05, 3.63) is 35.4 Å². The smallest absolute Gasteiger partial charge is 0.326 e. The van der Waals surface area contributed by atoms with Gasteiger partial charge in [-0.15, -0.1) is 0 Å². The number of amides is 1. The molecule has 2 aliphatic heterocycles. The molecular weight excluding hydrogens is 282 g/mol. The van der Waals surface area contributed by atoms with Crippen molar-refractivity contribution in [1.82, 2.24) is 4.90 Å². The molecule has 0 spiro atoms. The molecule has 1 saturated heterocycles. The summed E-state index contributed by atoms with van der Waals surface area (Å²) >= 11 is 0. The summed E-state index contributed by atoms with van der Waals surface area (Å²) in [4.78, 5) is 25.5. The van der Waals surface area contributed by atoms with Crippen molar-refractivity contribution in [2.24, 2.45) is 0 Å². The van der Waals surface area contributed by atoms with Crippen molar-refractivity contribution < 1.29 is 19.4 Å². The van der Waals surface area contributed by atoms with Gasteiger partial charge in [-0.2, -0.15) is 0 Å². The number of carbonyl (C=O) groups is 2. The molecule has 2 atom stereocenters. The van der Waals surface area contributed by atoms with E-state index in [0.29, 0.717) is 25.8 Å². The first-order chi connectivity index (χ1) is 10.6. The quantitative estimate of drug-likeness (QED) is 0.923. The molecule has 0 unspecified atom stereocenters. The van der Waals surface area contributed by atoms with Gasteiger partial charge >= 0.3 is 5.97 Å². The van der Waals surface area contributed by atoms with Gasteiger partial charge in [0.2, 0.25) is 5.91 Å². The molecule has 2 aliphatic rings. The summed E-state index contributed by atoms with van der Waals surface area (Å²) in [6.45, 7) is 1.16. The van der Waals surface area contributed by atoms with Gasteiger partial charge in [-0.05, 0) is 30.4 Å². The third-order valence-electron chi connectivity index (χ3n) is 4.56. The summed E-state index contributed by atoms with van der Waals surface area (Å²) in [5, 5.41) is 9.44. The summed E-state index contributed by atoms with van der Waals surface area (Å²) in [6.07, 6.45) is 3.63. The maximum Gasteiger partial charge on any atom is 0.326 e. The van der Waals surface area contributed by atoms with Gasteiger partial charge in [-0.25, -0.2) is 4.79 Å². The Morgan fingerprint density at radius 1 is 1.27 bits per heavy atom. The van der Waals surface area contributed by atoms with E-state index in [-0.39, 0.29) is 12.0 Å². The number of carbonyl (C=O) groups excluding carboxylic acids is 1. The van der Waals surface area contributed by atoms with Gasteiger partial charge in [-0.3, -0.25) is 4.79 Å². The molecule has 1 amide bonds. The summed E-state index contributed by atoms with van der Waals surface area (Å²) in [6, 6.07) is 6.99. The lowest BCUT2D eigenvalue weighted by molar-refractivity contribution is -0.151. The molecule has 0 aromatic heterocycles. The summed E-state index contributed by atoms with van der Waals surface area (Å²) < 4.78 is 5.53. The average Bonchev–Trinajstić information content (AvgIpc) is 3.04. The van der Waals surface area contributed by atoms with Crippen LogP contribution < -0.4 is 0 Å². The van der Waals surface area contributed by atoms with Gasteiger partial charge in [0, 0.05) is 26.0 Å². The van der Waals surface area contributed by atoms with Gasteiger partial charge < -0.3 is 14.7 Å². The number of carboxylic acids is 1. The van der Waals surface area contributed by atoms with Crippen molar-refractivity contribution in [2.75, 3.05) is 6.61 Å². The van der Waals surface area contributed by atoms with E-state index >= 15 is 0 Å². The highest BCUT2D eigenvalue weighted by Crippen LogP contribution is 2.25. The SMILES string of the molecule is O=C(O)[C@H]1Cc2ccccc2CN1C(=O)CC[C@@H]1CCCO1. The lowest BCUT2D eigenvalue weighted by Gasteiger charge is -2.34. The topological polar surface area (TPSA) is 66.8 Å². The van der Waals surface area contributed by atoms with E-state index in [1.54, 1.807) is 0 Å². The zero-order chi connectivity index (χ0) is 15.5. The number of fused-ring (bicyclic) bond motifs is 1. The van der Waals surface area contributed by atoms with Crippen LogP contribution in [0.15, 0.2) is 24.3 Å². The fourth-order valence-electron chi connectivity index (χ4n) is 3.31. The number of carboxylic acid groups (broad SMARTS) is 1. The molecule has 1 aromatic rings. The van der Waals surface area contributed by atoms with Crippen LogP contribution in [0.3, 0.4) is 0 Å². The van der Waals surface area contributed by atoms with E-state index in [4.69, 9.17) is 4.74 Å². The van der Waals surface area contributed by atoms with Crippen molar-refractivity contribution >= 4 is 11.9 Å². The maximum atomic E-state index is 12.5. The highest BCUT2D eigenvalue weighted by atomic mass is 16.5. The Morgan fingerprint density at radius 2 is 2.05 bits per heavy atom. The number of nitrogens with zero attached hydrogens (tertiary/aromatic N) is 1. The van der Waals surface area contributed by atoms with Crippen LogP contribution in [-0.2, 0) is 27.3 Å². The van der Waals surface area contributed by atoms with Crippen LogP contribution in [-0.4, -0.2) is 40.6 Å². The number of aliphatic carboxylic acids is 1. The third kappa shape index (κ3) is 3.14. The van der Waals surface area contributed by atoms with Gasteiger partial charge in [0.25, 0.3) is 0 Å². The van der Waals surface area contributed by atoms with E-state index in [1.807, 2.05) is 24.3 Å². The van der Waals surface area contributed by atoms with Crippen molar-refractivity contribution in [2.45, 2.75) is 50.8 Å². The van der Waals surface area contributed by atoms with E-state index < -0.39 is 12.0 Å². The number of hydrogen-bond acceptors (Lipinski definition) is 3. The minimum atomic E-state index is -0.931. The minimum absolute atomic E-state index is 0.0857. The normalized spacial score (nSPS) is 24.1. The molecule has 0 radical (unpaired) electrons. The molecule has 118 valence electrons. The Bertz CT molecular complexity index is 566. The predicted octanol–water partition coefficient (Wildman–Crippen LogP) is 1.98. The number of benzene rings is 1. The molecule has 22 heavy (non-hydrogen) atoms. The molecule has 1 N–H and O–H groups in total. The van der Waals surface area contributed by atoms with Gasteiger partial charge in [-0.1, -0.05) is 24.3 Å². The van der Waals surface area contributed by atoms with E-state index in [1.165, 1.54) is 4.90 Å². The molecule has 3 rings (SSSR count). The molecule has 0 aliphatic carbocycles. The van der Waals surface area contributed by atoms with Crippen LogP contribution in [0.2, 0.25) is 0 Å². The molecular formula is C17H21NO4. The molecule has 5 nitrogen and oxygen atoms in total. The zero-order valence-corrected chi connectivity index (χ0v) is 12.5. The minimum Gasteiger partial charge on any atom is -0.480 e. The van der Waals surface area contributed by atoms with Crippen LogP contribution in [0.25, 0.3) is 0 Å². The van der Waals surface area contributed by atoms with Crippen LogP contribution in [0, 0.1) is 0 Å². The van der Waals surface area contributed by atoms with Crippen molar-refractivity contribution in [3.63, 3.8) is 0 Å². The predicted molar refractivity (Wildman–Crippen MR) is 80.3 cm³/mol. The summed E-state index contributed by atoms with van der Waals surface area (Å²) in [5.41, 5.74) is 2.07. The summed E-state index contributed by atoms with van der Waals surface area (Å²) in [7, 11) is 0. The lowest BCUT2D eigenvalue weighted by Crippen LogP contribution is -2.48. The van der Waals surface area contributed by atoms with Crippen molar-refractivity contribution in [1.29, 1.82) is 0 Å². The Morgan fingerprint density at radius 3 is 2.73 bits per heavy atom. The average molecular weight is 303 g/mol. The highest BCUT2D eigenvalue weighted by molar-refractivity contribution is 5.84. The second-order valence-electron chi connectivity index (χ2n) is 6.02. The molecule has 1 aromatic carbocycles. The zero-order valence-electron chi connectivity index (χ0n) is 12.5. The number of hydrogen-bond donors (Lipinski definition) is 1. The molecule has 0 saturated carbocycles. The third-order valence-corrected chi connectivity index (χ3v) is 4.56. The molecule has 0 bridgehead atoms. The van der Waals surface area contributed by atoms with Crippen molar-refractivity contribution in [3.8, 4) is 0 Å². The number of ether oxygens (including phenoxy) is 1. The standard InChI is InChI=1S/C17H21NO4/c19-16(8-7-14-6-3-9-22-14)18-11-13-5-2-1-4-12(13)10-15(18)17(20)21/h1-2,4-5,14-15H,3,6-11H2,(H,20,21)/t14-,15+/m0/s1. The fraction of sp³-hybridized carbons (Fsp3) is 0.529. The van der Waals surface area contributed by atoms with E-state index in [9.17, 15) is 14.7 Å². The Balaban J connectivity index is 1.69. The Labute approximate surface area is 129 Å². The first kappa shape index (κ1) is 15.0. The van der Waals surface area contributed by atoms with Crippen LogP contribution in [0.4, 0.5) is 0 Å². The lowest BCUT2D eigenvalue weighted by atomic mass is 9.93. The largest absolute Gasteiger partial charge is 0.480 e. The van der Waals surface area contributed by atoms with Gasteiger partial charge in [0.15, 0.2) is 0 Å². The van der Waals surface area contributed by atoms with E-state index in [0.717, 1.165) is 30.6 Å². The highest BCUT2D eigenvalue weighted by Gasteiger charge is 2.34. The van der Waals surface area contributed by atoms with Crippen LogP contribution in [0.5, 0.6) is 0 Å². The fourth-order valence-corrected chi connectivity index (χ4v) is 3.31. The molecule has 2 heterocycles. The monoisotopic (exact) mass is 303 g/mol. The first-order valence-electron chi connectivity index (χ1n) is 7.86. The van der Waals surface area contributed by atoms with Crippen LogP contribution >= 0.6 is 0 Å². The number of rotatable bonds is 4. The van der Waals surface area contributed by atoms with Gasteiger partial charge in [0.05, 0.1) is 6.10 Å². The maximum absolute atomic E-state index is 12.5. The Kier molecular flexibility index (Phi) is 4.43. The second-order valence-corrected chi connectivity index (χ2v) is 6.02.